The molecule has 0 unspecified atom stereocenters. The molecule has 3 N–H and O–H groups in total. The Morgan fingerprint density at radius 2 is 2.16 bits per heavy atom. The van der Waals surface area contributed by atoms with Crippen LogP contribution in [-0.2, 0) is 0 Å². The van der Waals surface area contributed by atoms with Gasteiger partial charge >= 0.3 is 0 Å². The number of hydrogen-bond donors (Lipinski definition) is 2. The highest BCUT2D eigenvalue weighted by atomic mass is 32.1. The predicted octanol–water partition coefficient (Wildman–Crippen LogP) is 3.59. The first-order valence-corrected chi connectivity index (χ1v) is 10.0. The number of carbonyl (C=O) groups is 1. The molecule has 6 rings (SSSR count). The molecule has 1 saturated heterocycles. The Balaban J connectivity index is 1.56. The minimum Gasteiger partial charge on any atom is -0.397 e. The van der Waals surface area contributed by atoms with E-state index in [0.717, 1.165) is 29.0 Å². The number of piperidine rings is 1. The van der Waals surface area contributed by atoms with Gasteiger partial charge in [0.15, 0.2) is 5.13 Å². The molecule has 0 aromatic carbocycles. The summed E-state index contributed by atoms with van der Waals surface area (Å²) in [5.41, 5.74) is 10.1. The number of carbonyl (C=O) groups excluding carboxylic acids is 1. The molecule has 6 nitrogen and oxygen atoms in total. The fourth-order valence-corrected chi connectivity index (χ4v) is 5.39. The Bertz CT molecular complexity index is 1000. The van der Waals surface area contributed by atoms with Gasteiger partial charge in [0.05, 0.1) is 22.8 Å². The van der Waals surface area contributed by atoms with E-state index < -0.39 is 0 Å². The second-order valence-corrected chi connectivity index (χ2v) is 8.46. The van der Waals surface area contributed by atoms with E-state index in [4.69, 9.17) is 10.7 Å². The molecule has 8 heteroatoms. The monoisotopic (exact) mass is 371 g/mol. The van der Waals surface area contributed by atoms with E-state index in [-0.39, 0.29) is 5.91 Å². The molecule has 25 heavy (non-hydrogen) atoms. The third-order valence-electron chi connectivity index (χ3n) is 5.00. The highest BCUT2D eigenvalue weighted by Gasteiger charge is 2.33. The van der Waals surface area contributed by atoms with Crippen LogP contribution in [0.4, 0.5) is 16.5 Å². The maximum Gasteiger partial charge on any atom is 0.269 e. The van der Waals surface area contributed by atoms with Gasteiger partial charge in [-0.25, -0.2) is 9.97 Å². The van der Waals surface area contributed by atoms with Crippen molar-refractivity contribution in [1.82, 2.24) is 9.97 Å². The number of hydrogen-bond acceptors (Lipinski definition) is 7. The predicted molar refractivity (Wildman–Crippen MR) is 103 cm³/mol. The second-order valence-electron chi connectivity index (χ2n) is 6.60. The first kappa shape index (κ1) is 15.1. The molecule has 128 valence electrons. The molecule has 0 saturated carbocycles. The molecule has 3 aliphatic rings. The van der Waals surface area contributed by atoms with Gasteiger partial charge in [-0.1, -0.05) is 0 Å². The van der Waals surface area contributed by atoms with Crippen LogP contribution in [0.2, 0.25) is 0 Å². The number of aromatic nitrogens is 2. The number of nitrogens with two attached hydrogens (primary N) is 1. The summed E-state index contributed by atoms with van der Waals surface area (Å²) in [6.45, 7) is 4.08. The molecule has 1 amide bonds. The van der Waals surface area contributed by atoms with Gasteiger partial charge in [-0.3, -0.25) is 10.1 Å². The number of fused-ring (bicyclic) bond motifs is 3. The molecular formula is C17H17N5OS2. The number of aryl methyl sites for hydroxylation is 1. The van der Waals surface area contributed by atoms with Crippen molar-refractivity contribution in [2.45, 2.75) is 25.7 Å². The fourth-order valence-electron chi connectivity index (χ4n) is 3.73. The van der Waals surface area contributed by atoms with Crippen molar-refractivity contribution in [3.63, 3.8) is 0 Å². The molecule has 1 fully saturated rings. The van der Waals surface area contributed by atoms with Crippen LogP contribution >= 0.6 is 22.7 Å². The normalized spacial score (nSPS) is 16.4. The maximum atomic E-state index is 12.6. The molecule has 3 aliphatic heterocycles. The summed E-state index contributed by atoms with van der Waals surface area (Å²) < 4.78 is 0. The second kappa shape index (κ2) is 5.40. The zero-order valence-electron chi connectivity index (χ0n) is 13.7. The largest absolute Gasteiger partial charge is 0.397 e. The number of nitrogens with zero attached hydrogens (tertiary/aromatic N) is 3. The Morgan fingerprint density at radius 3 is 2.88 bits per heavy atom. The minimum atomic E-state index is -0.212. The van der Waals surface area contributed by atoms with Crippen LogP contribution in [0.3, 0.4) is 0 Å². The van der Waals surface area contributed by atoms with Gasteiger partial charge in [-0.2, -0.15) is 0 Å². The Morgan fingerprint density at radius 1 is 1.36 bits per heavy atom. The fraction of sp³-hybridized carbons (Fsp3) is 0.353. The lowest BCUT2D eigenvalue weighted by Crippen LogP contribution is -2.39. The van der Waals surface area contributed by atoms with Gasteiger partial charge < -0.3 is 10.6 Å². The summed E-state index contributed by atoms with van der Waals surface area (Å²) in [4.78, 5) is 25.5. The number of nitrogens with one attached hydrogen (secondary N) is 1. The Kier molecular flexibility index (Phi) is 3.26. The van der Waals surface area contributed by atoms with Crippen LogP contribution in [-0.4, -0.2) is 29.0 Å². The van der Waals surface area contributed by atoms with Gasteiger partial charge in [0.2, 0.25) is 0 Å². The lowest BCUT2D eigenvalue weighted by molar-refractivity contribution is 0.103. The number of thiazole rings is 1. The molecule has 0 atom stereocenters. The number of pyridine rings is 1. The molecular weight excluding hydrogens is 354 g/mol. The van der Waals surface area contributed by atoms with Crippen molar-refractivity contribution < 1.29 is 4.79 Å². The van der Waals surface area contributed by atoms with E-state index in [2.05, 4.69) is 21.3 Å². The van der Waals surface area contributed by atoms with Crippen molar-refractivity contribution >= 4 is 55.3 Å². The number of anilines is 3. The van der Waals surface area contributed by atoms with Crippen LogP contribution < -0.4 is 16.0 Å². The van der Waals surface area contributed by atoms with Gasteiger partial charge in [0, 0.05) is 29.8 Å². The molecule has 3 aromatic rings. The first-order valence-electron chi connectivity index (χ1n) is 8.31. The zero-order chi connectivity index (χ0) is 17.1. The molecule has 0 spiro atoms. The lowest BCUT2D eigenvalue weighted by atomic mass is 9.86. The minimum absolute atomic E-state index is 0.212. The van der Waals surface area contributed by atoms with Crippen LogP contribution in [0.5, 0.6) is 0 Å². The van der Waals surface area contributed by atoms with Gasteiger partial charge in [-0.15, -0.1) is 22.7 Å². The number of nitrogen functional groups attached to an aromatic ring is 1. The average Bonchev–Trinajstić information content (AvgIpc) is 3.18. The van der Waals surface area contributed by atoms with E-state index in [1.807, 2.05) is 12.3 Å². The summed E-state index contributed by atoms with van der Waals surface area (Å²) in [6, 6.07) is 2.12. The third-order valence-corrected chi connectivity index (χ3v) is 6.99. The van der Waals surface area contributed by atoms with E-state index in [1.165, 1.54) is 46.9 Å². The lowest BCUT2D eigenvalue weighted by Gasteiger charge is -2.41. The molecule has 6 heterocycles. The van der Waals surface area contributed by atoms with Gasteiger partial charge in [0.25, 0.3) is 5.91 Å². The van der Waals surface area contributed by atoms with Crippen molar-refractivity contribution in [2.75, 3.05) is 29.0 Å². The summed E-state index contributed by atoms with van der Waals surface area (Å²) in [6.07, 6.45) is 2.34. The molecule has 2 bridgehead atoms. The topological polar surface area (TPSA) is 84.1 Å². The Labute approximate surface area is 152 Å². The third kappa shape index (κ3) is 2.31. The smallest absolute Gasteiger partial charge is 0.269 e. The van der Waals surface area contributed by atoms with Crippen LogP contribution in [0.1, 0.15) is 39.8 Å². The van der Waals surface area contributed by atoms with Crippen LogP contribution in [0, 0.1) is 6.92 Å². The summed E-state index contributed by atoms with van der Waals surface area (Å²) in [7, 11) is 0. The first-order chi connectivity index (χ1) is 12.1. The number of amides is 1. The average molecular weight is 371 g/mol. The zero-order valence-corrected chi connectivity index (χ0v) is 15.3. The SMILES string of the molecule is Cc1csc(NC(=O)c2sc3nc4c(cc3c2N)N2CCC4CC2)n1. The van der Waals surface area contributed by atoms with Gasteiger partial charge in [0.1, 0.15) is 9.71 Å². The molecule has 0 radical (unpaired) electrons. The molecule has 3 aromatic heterocycles. The highest BCUT2D eigenvalue weighted by molar-refractivity contribution is 7.21. The molecule has 0 aliphatic carbocycles. The number of rotatable bonds is 2. The van der Waals surface area contributed by atoms with Crippen molar-refractivity contribution in [3.05, 3.63) is 27.7 Å². The van der Waals surface area contributed by atoms with Crippen molar-refractivity contribution in [2.24, 2.45) is 0 Å². The van der Waals surface area contributed by atoms with E-state index in [0.29, 0.717) is 21.6 Å². The quantitative estimate of drug-likeness (QED) is 0.719. The van der Waals surface area contributed by atoms with Crippen molar-refractivity contribution in [1.29, 1.82) is 0 Å². The van der Waals surface area contributed by atoms with Crippen LogP contribution in [0.25, 0.3) is 10.2 Å². The number of thiophene rings is 1. The van der Waals surface area contributed by atoms with E-state index in [1.54, 1.807) is 0 Å². The Hall–Kier alpha value is -2.19. The maximum absolute atomic E-state index is 12.6. The standard InChI is InChI=1S/C17H17N5OS2/c1-8-7-24-17(19-8)21-15(23)14-12(18)10-6-11-13(20-16(10)25-14)9-2-4-22(11)5-3-9/h6-7,9H,2-5,18H2,1H3,(H,19,21,23). The highest BCUT2D eigenvalue weighted by Crippen LogP contribution is 2.45. The summed E-state index contributed by atoms with van der Waals surface area (Å²) in [5, 5.41) is 6.23. The van der Waals surface area contributed by atoms with E-state index >= 15 is 0 Å². The van der Waals surface area contributed by atoms with Crippen molar-refractivity contribution in [3.8, 4) is 0 Å². The van der Waals surface area contributed by atoms with Gasteiger partial charge in [-0.05, 0) is 25.8 Å². The van der Waals surface area contributed by atoms with E-state index in [9.17, 15) is 4.79 Å². The van der Waals surface area contributed by atoms with Crippen LogP contribution in [0.15, 0.2) is 11.4 Å². The summed E-state index contributed by atoms with van der Waals surface area (Å²) >= 11 is 2.78. The summed E-state index contributed by atoms with van der Waals surface area (Å²) in [5.74, 6) is 0.333.